The maximum atomic E-state index is 4.99. The van der Waals surface area contributed by atoms with E-state index in [1.165, 1.54) is 0 Å². The lowest BCUT2D eigenvalue weighted by molar-refractivity contribution is 0.124. The number of hydrogen-bond acceptors (Lipinski definition) is 3. The molecule has 2 aromatic rings. The van der Waals surface area contributed by atoms with Crippen molar-refractivity contribution < 1.29 is 4.84 Å². The van der Waals surface area contributed by atoms with Crippen LogP contribution in [-0.2, 0) is 18.5 Å². The summed E-state index contributed by atoms with van der Waals surface area (Å²) in [4.78, 5) is 4.56. The van der Waals surface area contributed by atoms with Gasteiger partial charge in [0.25, 0.3) is 0 Å². The molecule has 0 aliphatic rings. The Hall–Kier alpha value is -1.39. The molecule has 0 aliphatic carbocycles. The first-order valence-corrected chi connectivity index (χ1v) is 4.03. The number of aromatic nitrogens is 2. The molecule has 1 aromatic carbocycles. The standard InChI is InChI=1S/C9H11N3O/c1-12-9-3-2-7(6-13-10)4-8(9)5-11-12/h2-5H,6,10H2,1H3. The van der Waals surface area contributed by atoms with E-state index in [0.717, 1.165) is 16.5 Å². The predicted molar refractivity (Wildman–Crippen MR) is 49.7 cm³/mol. The summed E-state index contributed by atoms with van der Waals surface area (Å²) in [5.74, 6) is 4.99. The monoisotopic (exact) mass is 177 g/mol. The van der Waals surface area contributed by atoms with Crippen molar-refractivity contribution in [2.45, 2.75) is 6.61 Å². The van der Waals surface area contributed by atoms with E-state index in [9.17, 15) is 0 Å². The number of aryl methyl sites for hydroxylation is 1. The van der Waals surface area contributed by atoms with Crippen molar-refractivity contribution in [2.75, 3.05) is 0 Å². The fourth-order valence-corrected chi connectivity index (χ4v) is 1.40. The van der Waals surface area contributed by atoms with E-state index < -0.39 is 0 Å². The van der Waals surface area contributed by atoms with Crippen LogP contribution in [0, 0.1) is 0 Å². The van der Waals surface area contributed by atoms with Gasteiger partial charge in [0.2, 0.25) is 0 Å². The Morgan fingerprint density at radius 3 is 3.15 bits per heavy atom. The Bertz CT molecular complexity index is 422. The zero-order chi connectivity index (χ0) is 9.26. The van der Waals surface area contributed by atoms with Crippen molar-refractivity contribution in [3.05, 3.63) is 30.0 Å². The van der Waals surface area contributed by atoms with Gasteiger partial charge in [-0.25, -0.2) is 5.90 Å². The summed E-state index contributed by atoms with van der Waals surface area (Å²) in [6, 6.07) is 6.02. The van der Waals surface area contributed by atoms with Gasteiger partial charge in [0.1, 0.15) is 0 Å². The van der Waals surface area contributed by atoms with Crippen molar-refractivity contribution in [1.82, 2.24) is 9.78 Å². The van der Waals surface area contributed by atoms with E-state index in [1.54, 1.807) is 0 Å². The molecular formula is C9H11N3O. The molecule has 0 spiro atoms. The van der Waals surface area contributed by atoms with Crippen molar-refractivity contribution in [3.63, 3.8) is 0 Å². The summed E-state index contributed by atoms with van der Waals surface area (Å²) in [5, 5.41) is 5.25. The van der Waals surface area contributed by atoms with Gasteiger partial charge in [-0.1, -0.05) is 6.07 Å². The van der Waals surface area contributed by atoms with E-state index in [1.807, 2.05) is 36.1 Å². The minimum atomic E-state index is 0.435. The molecule has 0 bridgehead atoms. The van der Waals surface area contributed by atoms with Crippen LogP contribution in [0.5, 0.6) is 0 Å². The second-order valence-corrected chi connectivity index (χ2v) is 2.97. The van der Waals surface area contributed by atoms with E-state index >= 15 is 0 Å². The van der Waals surface area contributed by atoms with Crippen LogP contribution in [0.15, 0.2) is 24.4 Å². The number of nitrogens with zero attached hydrogens (tertiary/aromatic N) is 2. The zero-order valence-corrected chi connectivity index (χ0v) is 7.40. The first kappa shape index (κ1) is 8.22. The van der Waals surface area contributed by atoms with E-state index in [-0.39, 0.29) is 0 Å². The summed E-state index contributed by atoms with van der Waals surface area (Å²) >= 11 is 0. The third-order valence-electron chi connectivity index (χ3n) is 2.06. The Morgan fingerprint density at radius 2 is 2.38 bits per heavy atom. The topological polar surface area (TPSA) is 53.1 Å². The zero-order valence-electron chi connectivity index (χ0n) is 7.40. The van der Waals surface area contributed by atoms with Crippen molar-refractivity contribution in [2.24, 2.45) is 12.9 Å². The molecule has 1 aromatic heterocycles. The van der Waals surface area contributed by atoms with Crippen LogP contribution in [0.25, 0.3) is 10.9 Å². The molecule has 0 atom stereocenters. The Balaban J connectivity index is 2.50. The van der Waals surface area contributed by atoms with Gasteiger partial charge in [-0.15, -0.1) is 0 Å². The van der Waals surface area contributed by atoms with Crippen LogP contribution in [0.1, 0.15) is 5.56 Å². The lowest BCUT2D eigenvalue weighted by Crippen LogP contribution is -1.98. The predicted octanol–water partition coefficient (Wildman–Crippen LogP) is 0.964. The Morgan fingerprint density at radius 1 is 1.54 bits per heavy atom. The van der Waals surface area contributed by atoms with E-state index in [0.29, 0.717) is 6.61 Å². The first-order valence-electron chi connectivity index (χ1n) is 4.03. The lowest BCUT2D eigenvalue weighted by atomic mass is 10.2. The van der Waals surface area contributed by atoms with Crippen molar-refractivity contribution in [3.8, 4) is 0 Å². The number of fused-ring (bicyclic) bond motifs is 1. The molecule has 4 heteroatoms. The number of benzene rings is 1. The van der Waals surface area contributed by atoms with E-state index in [4.69, 9.17) is 5.90 Å². The van der Waals surface area contributed by atoms with Gasteiger partial charge >= 0.3 is 0 Å². The van der Waals surface area contributed by atoms with Gasteiger partial charge in [-0.05, 0) is 17.7 Å². The average Bonchev–Trinajstić information content (AvgIpc) is 2.48. The van der Waals surface area contributed by atoms with Crippen LogP contribution in [0.4, 0.5) is 0 Å². The number of nitrogens with two attached hydrogens (primary N) is 1. The van der Waals surface area contributed by atoms with Gasteiger partial charge in [0.15, 0.2) is 0 Å². The molecule has 4 nitrogen and oxygen atoms in total. The molecule has 0 saturated carbocycles. The largest absolute Gasteiger partial charge is 0.300 e. The van der Waals surface area contributed by atoms with Gasteiger partial charge in [-0.2, -0.15) is 5.10 Å². The lowest BCUT2D eigenvalue weighted by Gasteiger charge is -1.99. The van der Waals surface area contributed by atoms with Crippen LogP contribution >= 0.6 is 0 Å². The molecule has 0 amide bonds. The van der Waals surface area contributed by atoms with E-state index in [2.05, 4.69) is 9.94 Å². The number of rotatable bonds is 2. The third kappa shape index (κ3) is 1.41. The van der Waals surface area contributed by atoms with Crippen LogP contribution in [0.2, 0.25) is 0 Å². The normalized spacial score (nSPS) is 10.9. The molecule has 68 valence electrons. The molecule has 0 fully saturated rings. The quantitative estimate of drug-likeness (QED) is 0.695. The fraction of sp³-hybridized carbons (Fsp3) is 0.222. The van der Waals surface area contributed by atoms with Gasteiger partial charge in [-0.3, -0.25) is 9.52 Å². The van der Waals surface area contributed by atoms with Crippen LogP contribution < -0.4 is 5.90 Å². The molecule has 13 heavy (non-hydrogen) atoms. The van der Waals surface area contributed by atoms with Crippen molar-refractivity contribution in [1.29, 1.82) is 0 Å². The fourth-order valence-electron chi connectivity index (χ4n) is 1.40. The minimum Gasteiger partial charge on any atom is -0.300 e. The highest BCUT2D eigenvalue weighted by Gasteiger charge is 1.99. The Kier molecular flexibility index (Phi) is 2.00. The maximum Gasteiger partial charge on any atom is 0.0930 e. The highest BCUT2D eigenvalue weighted by atomic mass is 16.6. The summed E-state index contributed by atoms with van der Waals surface area (Å²) in [5.41, 5.74) is 2.17. The Labute approximate surface area is 75.9 Å². The molecule has 2 N–H and O–H groups in total. The third-order valence-corrected chi connectivity index (χ3v) is 2.06. The first-order chi connectivity index (χ1) is 6.31. The van der Waals surface area contributed by atoms with Gasteiger partial charge < -0.3 is 0 Å². The molecule has 0 aliphatic heterocycles. The van der Waals surface area contributed by atoms with Crippen LogP contribution in [-0.4, -0.2) is 9.78 Å². The maximum absolute atomic E-state index is 4.99. The van der Waals surface area contributed by atoms with Crippen molar-refractivity contribution >= 4 is 10.9 Å². The highest BCUT2D eigenvalue weighted by Crippen LogP contribution is 2.14. The molecule has 2 rings (SSSR count). The summed E-state index contributed by atoms with van der Waals surface area (Å²) in [7, 11) is 1.92. The summed E-state index contributed by atoms with van der Waals surface area (Å²) in [6.45, 7) is 0.435. The molecular weight excluding hydrogens is 166 g/mol. The SMILES string of the molecule is Cn1ncc2cc(CON)ccc21. The second kappa shape index (κ2) is 3.16. The molecule has 1 heterocycles. The molecule has 0 saturated heterocycles. The smallest absolute Gasteiger partial charge is 0.0930 e. The second-order valence-electron chi connectivity index (χ2n) is 2.97. The molecule has 0 radical (unpaired) electrons. The summed E-state index contributed by atoms with van der Waals surface area (Å²) < 4.78 is 1.84. The average molecular weight is 177 g/mol. The van der Waals surface area contributed by atoms with Gasteiger partial charge in [0.05, 0.1) is 18.3 Å². The summed E-state index contributed by atoms with van der Waals surface area (Å²) in [6.07, 6.45) is 1.83. The molecule has 0 unspecified atom stereocenters. The highest BCUT2D eigenvalue weighted by molar-refractivity contribution is 5.79. The van der Waals surface area contributed by atoms with Crippen LogP contribution in [0.3, 0.4) is 0 Å². The minimum absolute atomic E-state index is 0.435. The van der Waals surface area contributed by atoms with Gasteiger partial charge in [0, 0.05) is 12.4 Å². The number of hydrogen-bond donors (Lipinski definition) is 1.